The third-order valence-corrected chi connectivity index (χ3v) is 13.8. The maximum absolute atomic E-state index is 15.6. The largest absolute Gasteiger partial charge is 0.508 e. The van der Waals surface area contributed by atoms with Crippen molar-refractivity contribution in [1.82, 2.24) is 9.99 Å². The van der Waals surface area contributed by atoms with Gasteiger partial charge in [-0.05, 0) is 54.2 Å². The molecule has 5 aromatic rings. The predicted octanol–water partition coefficient (Wildman–Crippen LogP) is 8.76. The SMILES string of the molecule is CN(C)c1c([N+](=O)[O-])cc(N2C(=O)C3CC=C4C(CC5C(=O)N(Nc6ncc(C(F)(F)F)cc6Cl)C(=O)C5(c5ccc(Cl)cc5)C4c4ccc(OCc5ccccc5)cc4O)C3C2=O)cc1[N+](=O)[O-]. The van der Waals surface area contributed by atoms with E-state index in [4.69, 9.17) is 27.9 Å². The van der Waals surface area contributed by atoms with E-state index in [9.17, 15) is 48.1 Å². The Morgan fingerprint density at radius 1 is 0.899 bits per heavy atom. The Hall–Kier alpha value is -7.58. The van der Waals surface area contributed by atoms with Gasteiger partial charge < -0.3 is 14.7 Å². The lowest BCUT2D eigenvalue weighted by Crippen LogP contribution is -2.53. The Morgan fingerprint density at radius 2 is 1.57 bits per heavy atom. The predicted molar refractivity (Wildman–Crippen MR) is 242 cm³/mol. The molecule has 22 heteroatoms. The molecule has 2 N–H and O–H groups in total. The van der Waals surface area contributed by atoms with Crippen LogP contribution in [0.3, 0.4) is 0 Å². The van der Waals surface area contributed by atoms with E-state index in [0.29, 0.717) is 27.7 Å². The first-order valence-electron chi connectivity index (χ1n) is 21.1. The molecule has 0 bridgehead atoms. The van der Waals surface area contributed by atoms with Crippen LogP contribution in [-0.2, 0) is 37.4 Å². The lowest BCUT2D eigenvalue weighted by molar-refractivity contribution is -0.392. The van der Waals surface area contributed by atoms with Crippen molar-refractivity contribution in [2.24, 2.45) is 23.7 Å². The Labute approximate surface area is 398 Å². The van der Waals surface area contributed by atoms with Crippen molar-refractivity contribution in [3.8, 4) is 11.5 Å². The fraction of sp³-hybridized carbons (Fsp3) is 0.255. The highest BCUT2D eigenvalue weighted by molar-refractivity contribution is 6.33. The van der Waals surface area contributed by atoms with Crippen LogP contribution in [0.25, 0.3) is 0 Å². The summed E-state index contributed by atoms with van der Waals surface area (Å²) in [5, 5.41) is 37.0. The molecule has 6 atom stereocenters. The summed E-state index contributed by atoms with van der Waals surface area (Å²) in [6, 6.07) is 21.9. The number of nitrogens with zero attached hydrogens (tertiary/aromatic N) is 6. The molecule has 0 radical (unpaired) electrons. The topological polar surface area (TPSA) is 219 Å². The number of nitro groups is 2. The molecule has 3 heterocycles. The average molecular weight is 987 g/mol. The summed E-state index contributed by atoms with van der Waals surface area (Å²) < 4.78 is 47.0. The smallest absolute Gasteiger partial charge is 0.417 e. The third-order valence-electron chi connectivity index (χ3n) is 13.3. The number of nitrogens with one attached hydrogen (secondary N) is 1. The van der Waals surface area contributed by atoms with Gasteiger partial charge in [0.15, 0.2) is 11.5 Å². The van der Waals surface area contributed by atoms with Gasteiger partial charge in [0.2, 0.25) is 11.8 Å². The van der Waals surface area contributed by atoms with Crippen LogP contribution in [0.4, 0.5) is 41.7 Å². The van der Waals surface area contributed by atoms with E-state index >= 15 is 9.59 Å². The first kappa shape index (κ1) is 46.5. The molecule has 2 aliphatic heterocycles. The van der Waals surface area contributed by atoms with Crippen LogP contribution in [0.1, 0.15) is 41.0 Å². The zero-order valence-corrected chi connectivity index (χ0v) is 37.5. The molecule has 2 saturated heterocycles. The molecule has 1 aromatic heterocycles. The number of rotatable bonds is 11. The number of alkyl halides is 3. The van der Waals surface area contributed by atoms with Crippen LogP contribution >= 0.6 is 23.2 Å². The molecule has 69 heavy (non-hydrogen) atoms. The number of hydrogen-bond acceptors (Lipinski definition) is 13. The maximum Gasteiger partial charge on any atom is 0.417 e. The van der Waals surface area contributed by atoms with Gasteiger partial charge in [-0.3, -0.25) is 44.8 Å². The summed E-state index contributed by atoms with van der Waals surface area (Å²) in [7, 11) is 2.71. The second kappa shape index (κ2) is 17.2. The van der Waals surface area contributed by atoms with E-state index < -0.39 is 114 Å². The van der Waals surface area contributed by atoms with Crippen LogP contribution in [0, 0.1) is 43.9 Å². The fourth-order valence-electron chi connectivity index (χ4n) is 10.4. The molecule has 0 spiro atoms. The van der Waals surface area contributed by atoms with E-state index in [2.05, 4.69) is 10.4 Å². The summed E-state index contributed by atoms with van der Waals surface area (Å²) >= 11 is 12.7. The van der Waals surface area contributed by atoms with Crippen LogP contribution in [-0.4, -0.2) is 62.7 Å². The van der Waals surface area contributed by atoms with Crippen LogP contribution < -0.4 is 20.0 Å². The Bertz CT molecular complexity index is 3010. The number of imide groups is 2. The minimum absolute atomic E-state index is 0.0873. The minimum Gasteiger partial charge on any atom is -0.508 e. The highest BCUT2D eigenvalue weighted by Gasteiger charge is 2.71. The number of halogens is 5. The molecule has 4 aliphatic rings. The molecule has 3 fully saturated rings. The van der Waals surface area contributed by atoms with Gasteiger partial charge in [-0.1, -0.05) is 83.4 Å². The molecule has 4 amide bonds. The van der Waals surface area contributed by atoms with Gasteiger partial charge in [0, 0.05) is 55.0 Å². The number of benzene rings is 4. The number of pyridine rings is 1. The van der Waals surface area contributed by atoms with Crippen molar-refractivity contribution < 1.29 is 52.0 Å². The number of aromatic hydroxyl groups is 1. The zero-order valence-electron chi connectivity index (χ0n) is 36.0. The first-order valence-corrected chi connectivity index (χ1v) is 21.8. The van der Waals surface area contributed by atoms with Gasteiger partial charge in [0.25, 0.3) is 11.8 Å². The number of hydrazine groups is 1. The first-order chi connectivity index (χ1) is 32.7. The number of anilines is 3. The van der Waals surface area contributed by atoms with Gasteiger partial charge in [-0.2, -0.15) is 18.2 Å². The Morgan fingerprint density at radius 3 is 2.16 bits per heavy atom. The van der Waals surface area contributed by atoms with Crippen molar-refractivity contribution in [3.63, 3.8) is 0 Å². The number of hydrogen-bond donors (Lipinski definition) is 2. The van der Waals surface area contributed by atoms with Crippen molar-refractivity contribution in [1.29, 1.82) is 0 Å². The number of aromatic nitrogens is 1. The third kappa shape index (κ3) is 7.63. The summed E-state index contributed by atoms with van der Waals surface area (Å²) in [6.07, 6.45) is -3.18. The fourth-order valence-corrected chi connectivity index (χ4v) is 10.8. The highest BCUT2D eigenvalue weighted by Crippen LogP contribution is 2.65. The molecule has 354 valence electrons. The number of ether oxygens (including phenoxy) is 1. The van der Waals surface area contributed by atoms with E-state index in [1.807, 2.05) is 30.3 Å². The Balaban J connectivity index is 1.21. The highest BCUT2D eigenvalue weighted by atomic mass is 35.5. The number of amides is 4. The monoisotopic (exact) mass is 985 g/mol. The lowest BCUT2D eigenvalue weighted by atomic mass is 9.49. The van der Waals surface area contributed by atoms with Gasteiger partial charge in [0.05, 0.1) is 49.3 Å². The number of phenols is 1. The summed E-state index contributed by atoms with van der Waals surface area (Å²) in [6.45, 7) is 0.112. The van der Waals surface area contributed by atoms with Gasteiger partial charge in [-0.25, -0.2) is 9.88 Å². The second-order valence-corrected chi connectivity index (χ2v) is 18.0. The molecule has 2 aliphatic carbocycles. The average Bonchev–Trinajstić information content (AvgIpc) is 3.69. The number of phenolic OH excluding ortho intramolecular Hbond substituents is 1. The number of fused-ring (bicyclic) bond motifs is 4. The zero-order chi connectivity index (χ0) is 49.4. The number of allylic oxidation sites excluding steroid dienone is 2. The standard InChI is InChI=1S/C47H36Cl2F3N7O10/c1-55(2)40-35(58(65)66)17-27(18-36(40)59(67)68)56-42(61)31-15-14-29-32(38(31)44(56)63)20-33-43(62)57(54-41-34(49)16-25(21-53-41)47(50,51)52)45(64)46(33,24-8-10-26(48)11-9-24)39(29)30-13-12-28(19-37(30)60)69-22-23-6-4-3-5-7-23/h3-14,16-19,21,31-33,38-39,60H,15,20,22H2,1-2H3,(H,53,54). The van der Waals surface area contributed by atoms with Crippen LogP contribution in [0.2, 0.25) is 10.0 Å². The molecule has 17 nitrogen and oxygen atoms in total. The summed E-state index contributed by atoms with van der Waals surface area (Å²) in [4.78, 5) is 88.7. The number of carbonyl (C=O) groups is 4. The Kier molecular flexibility index (Phi) is 11.6. The van der Waals surface area contributed by atoms with Gasteiger partial charge in [0.1, 0.15) is 18.1 Å². The van der Waals surface area contributed by atoms with Crippen LogP contribution in [0.5, 0.6) is 11.5 Å². The molecular weight excluding hydrogens is 950 g/mol. The summed E-state index contributed by atoms with van der Waals surface area (Å²) in [5.74, 6) is -10.5. The van der Waals surface area contributed by atoms with Gasteiger partial charge >= 0.3 is 17.6 Å². The molecule has 9 rings (SSSR count). The molecule has 4 aromatic carbocycles. The lowest BCUT2D eigenvalue weighted by Gasteiger charge is -2.50. The van der Waals surface area contributed by atoms with Crippen molar-refractivity contribution in [2.75, 3.05) is 29.3 Å². The number of nitro benzene ring substituents is 2. The van der Waals surface area contributed by atoms with E-state index in [1.54, 1.807) is 12.1 Å². The van der Waals surface area contributed by atoms with E-state index in [0.717, 1.165) is 22.6 Å². The maximum atomic E-state index is 15.6. The summed E-state index contributed by atoms with van der Waals surface area (Å²) in [5.41, 5.74) is -1.51. The van der Waals surface area contributed by atoms with Crippen molar-refractivity contribution in [3.05, 3.63) is 161 Å². The quantitative estimate of drug-likeness (QED) is 0.0548. The van der Waals surface area contributed by atoms with E-state index in [1.165, 1.54) is 50.5 Å². The normalized spacial score (nSPS) is 23.0. The van der Waals surface area contributed by atoms with Crippen LogP contribution in [0.15, 0.2) is 109 Å². The van der Waals surface area contributed by atoms with E-state index in [-0.39, 0.29) is 47.0 Å². The molecule has 1 saturated carbocycles. The molecular formula is C47H36Cl2F3N7O10. The van der Waals surface area contributed by atoms with Gasteiger partial charge in [-0.15, -0.1) is 0 Å². The second-order valence-electron chi connectivity index (χ2n) is 17.2. The number of carbonyl (C=O) groups excluding carboxylic acids is 4. The minimum atomic E-state index is -4.84. The van der Waals surface area contributed by atoms with Crippen molar-refractivity contribution >= 4 is 75.4 Å². The van der Waals surface area contributed by atoms with Crippen molar-refractivity contribution in [2.45, 2.75) is 37.0 Å². The molecule has 6 unspecified atom stereocenters.